The molecule has 0 aliphatic heterocycles. The van der Waals surface area contributed by atoms with Crippen LogP contribution in [0.4, 0.5) is 0 Å². The fourth-order valence-electron chi connectivity index (χ4n) is 3.23. The van der Waals surface area contributed by atoms with Gasteiger partial charge < -0.3 is 10.1 Å². The fourth-order valence-corrected chi connectivity index (χ4v) is 3.23. The third-order valence-corrected chi connectivity index (χ3v) is 4.70. The quantitative estimate of drug-likeness (QED) is 0.372. The van der Waals surface area contributed by atoms with Crippen molar-refractivity contribution in [2.45, 2.75) is 5.60 Å². The van der Waals surface area contributed by atoms with Crippen molar-refractivity contribution in [2.75, 3.05) is 0 Å². The zero-order valence-corrected chi connectivity index (χ0v) is 15.0. The summed E-state index contributed by atoms with van der Waals surface area (Å²) >= 11 is 0. The molecule has 0 aliphatic rings. The molecular weight excluding hydrogens is 350 g/mol. The number of para-hydroxylation sites is 1. The van der Waals surface area contributed by atoms with Gasteiger partial charge in [0.1, 0.15) is 0 Å². The number of nitrogens with zero attached hydrogens (tertiary/aromatic N) is 1. The van der Waals surface area contributed by atoms with Crippen molar-refractivity contribution < 1.29 is 9.90 Å². The topological polar surface area (TPSA) is 77.5 Å². The Morgan fingerprint density at radius 2 is 1.46 bits per heavy atom. The number of carbonyl (C=O) groups excluding carboxylic acids is 1. The molecule has 28 heavy (non-hydrogen) atoms. The van der Waals surface area contributed by atoms with E-state index in [0.29, 0.717) is 11.1 Å². The highest BCUT2D eigenvalue weighted by molar-refractivity contribution is 5.99. The minimum Gasteiger partial charge on any atom is -0.372 e. The maximum Gasteiger partial charge on any atom is 0.281 e. The lowest BCUT2D eigenvalue weighted by atomic mass is 9.85. The van der Waals surface area contributed by atoms with Crippen LogP contribution in [0.25, 0.3) is 10.9 Å². The molecule has 5 nitrogen and oxygen atoms in total. The summed E-state index contributed by atoms with van der Waals surface area (Å²) in [4.78, 5) is 16.1. The number of aromatic amines is 1. The minimum atomic E-state index is -1.85. The van der Waals surface area contributed by atoms with E-state index in [1.807, 2.05) is 42.6 Å². The van der Waals surface area contributed by atoms with Crippen LogP contribution in [0, 0.1) is 0 Å². The smallest absolute Gasteiger partial charge is 0.281 e. The Morgan fingerprint density at radius 1 is 0.893 bits per heavy atom. The number of hydrogen-bond donors (Lipinski definition) is 3. The standard InChI is InChI=1S/C23H19N3O2/c27-22(26-25-16-17-15-24-21-14-8-7-13-20(17)21)23(28,18-9-3-1-4-10-18)19-11-5-2-6-12-19/h1-16,24,28H,(H,26,27)/b25-16-. The molecule has 138 valence electrons. The number of carbonyl (C=O) groups is 1. The molecular formula is C23H19N3O2. The summed E-state index contributed by atoms with van der Waals surface area (Å²) in [5.41, 5.74) is 3.42. The summed E-state index contributed by atoms with van der Waals surface area (Å²) in [5, 5.41) is 16.4. The normalized spacial score (nSPS) is 11.8. The summed E-state index contributed by atoms with van der Waals surface area (Å²) in [7, 11) is 0. The van der Waals surface area contributed by atoms with Crippen molar-refractivity contribution in [3.8, 4) is 0 Å². The molecule has 4 aromatic rings. The summed E-state index contributed by atoms with van der Waals surface area (Å²) < 4.78 is 0. The van der Waals surface area contributed by atoms with Crippen molar-refractivity contribution in [2.24, 2.45) is 5.10 Å². The van der Waals surface area contributed by atoms with Gasteiger partial charge in [0, 0.05) is 22.7 Å². The summed E-state index contributed by atoms with van der Waals surface area (Å²) in [6, 6.07) is 25.5. The van der Waals surface area contributed by atoms with Crippen LogP contribution in [-0.2, 0) is 10.4 Å². The maximum atomic E-state index is 13.0. The van der Waals surface area contributed by atoms with Crippen LogP contribution < -0.4 is 5.43 Å². The number of hydrogen-bond acceptors (Lipinski definition) is 3. The summed E-state index contributed by atoms with van der Waals surface area (Å²) in [6.07, 6.45) is 3.38. The maximum absolute atomic E-state index is 13.0. The van der Waals surface area contributed by atoms with Crippen molar-refractivity contribution in [1.82, 2.24) is 10.4 Å². The SMILES string of the molecule is O=C(N/N=C\c1c[nH]c2ccccc12)C(O)(c1ccccc1)c1ccccc1. The second-order valence-corrected chi connectivity index (χ2v) is 6.43. The van der Waals surface area contributed by atoms with Crippen LogP contribution in [0.5, 0.6) is 0 Å². The Hall–Kier alpha value is -3.70. The van der Waals surface area contributed by atoms with E-state index < -0.39 is 11.5 Å². The number of amides is 1. The van der Waals surface area contributed by atoms with E-state index in [2.05, 4.69) is 15.5 Å². The molecule has 5 heteroatoms. The van der Waals surface area contributed by atoms with Crippen LogP contribution in [0.15, 0.2) is 96.2 Å². The van der Waals surface area contributed by atoms with Gasteiger partial charge in [-0.3, -0.25) is 4.79 Å². The molecule has 3 N–H and O–H groups in total. The third-order valence-electron chi connectivity index (χ3n) is 4.70. The van der Waals surface area contributed by atoms with E-state index in [0.717, 1.165) is 16.5 Å². The van der Waals surface area contributed by atoms with Gasteiger partial charge in [-0.2, -0.15) is 5.10 Å². The molecule has 0 saturated heterocycles. The molecule has 0 radical (unpaired) electrons. The molecule has 1 amide bonds. The van der Waals surface area contributed by atoms with Crippen LogP contribution in [0.3, 0.4) is 0 Å². The molecule has 0 bridgehead atoms. The molecule has 0 fully saturated rings. The first-order valence-electron chi connectivity index (χ1n) is 8.92. The van der Waals surface area contributed by atoms with Gasteiger partial charge in [-0.15, -0.1) is 0 Å². The molecule has 0 aliphatic carbocycles. The molecule has 4 rings (SSSR count). The monoisotopic (exact) mass is 369 g/mol. The Labute approximate surface area is 162 Å². The molecule has 0 unspecified atom stereocenters. The molecule has 0 atom stereocenters. The Bertz CT molecular complexity index is 1080. The van der Waals surface area contributed by atoms with E-state index in [1.54, 1.807) is 54.7 Å². The Balaban J connectivity index is 1.63. The zero-order valence-electron chi connectivity index (χ0n) is 15.0. The lowest BCUT2D eigenvalue weighted by Crippen LogP contribution is -2.43. The number of rotatable bonds is 5. The first-order valence-corrected chi connectivity index (χ1v) is 8.92. The van der Waals surface area contributed by atoms with E-state index in [4.69, 9.17) is 0 Å². The number of aliphatic hydroxyl groups is 1. The highest BCUT2D eigenvalue weighted by Crippen LogP contribution is 2.29. The number of H-pyrrole nitrogens is 1. The summed E-state index contributed by atoms with van der Waals surface area (Å²) in [5.74, 6) is -0.624. The van der Waals surface area contributed by atoms with Crippen LogP contribution in [-0.4, -0.2) is 22.2 Å². The Morgan fingerprint density at radius 3 is 2.11 bits per heavy atom. The zero-order chi connectivity index (χ0) is 19.4. The largest absolute Gasteiger partial charge is 0.372 e. The highest BCUT2D eigenvalue weighted by Gasteiger charge is 2.39. The second-order valence-electron chi connectivity index (χ2n) is 6.43. The van der Waals surface area contributed by atoms with Gasteiger partial charge in [0.25, 0.3) is 5.91 Å². The molecule has 0 saturated carbocycles. The van der Waals surface area contributed by atoms with Gasteiger partial charge in [0.15, 0.2) is 5.60 Å². The number of fused-ring (bicyclic) bond motifs is 1. The van der Waals surface area contributed by atoms with Gasteiger partial charge in [-0.05, 0) is 17.2 Å². The van der Waals surface area contributed by atoms with Gasteiger partial charge in [-0.1, -0.05) is 78.9 Å². The van der Waals surface area contributed by atoms with Crippen LogP contribution in [0.2, 0.25) is 0 Å². The van der Waals surface area contributed by atoms with Crippen LogP contribution in [0.1, 0.15) is 16.7 Å². The molecule has 0 spiro atoms. The van der Waals surface area contributed by atoms with Crippen molar-refractivity contribution >= 4 is 23.0 Å². The molecule has 3 aromatic carbocycles. The average molecular weight is 369 g/mol. The lowest BCUT2D eigenvalue weighted by molar-refractivity contribution is -0.136. The number of benzene rings is 3. The first-order chi connectivity index (χ1) is 13.7. The van der Waals surface area contributed by atoms with Crippen molar-refractivity contribution in [1.29, 1.82) is 0 Å². The van der Waals surface area contributed by atoms with Crippen molar-refractivity contribution in [3.63, 3.8) is 0 Å². The fraction of sp³-hybridized carbons (Fsp3) is 0.0435. The predicted octanol–water partition coefficient (Wildman–Crippen LogP) is 3.55. The average Bonchev–Trinajstić information content (AvgIpc) is 3.17. The molecule has 1 aromatic heterocycles. The lowest BCUT2D eigenvalue weighted by Gasteiger charge is -2.27. The Kier molecular flexibility index (Phi) is 4.74. The van der Waals surface area contributed by atoms with Gasteiger partial charge in [-0.25, -0.2) is 5.43 Å². The number of nitrogens with one attached hydrogen (secondary N) is 2. The highest BCUT2D eigenvalue weighted by atomic mass is 16.3. The summed E-state index contributed by atoms with van der Waals surface area (Å²) in [6.45, 7) is 0. The van der Waals surface area contributed by atoms with Crippen molar-refractivity contribution in [3.05, 3.63) is 108 Å². The van der Waals surface area contributed by atoms with E-state index >= 15 is 0 Å². The van der Waals surface area contributed by atoms with E-state index in [9.17, 15) is 9.90 Å². The minimum absolute atomic E-state index is 0.473. The van der Waals surface area contributed by atoms with E-state index in [1.165, 1.54) is 0 Å². The van der Waals surface area contributed by atoms with Gasteiger partial charge >= 0.3 is 0 Å². The first kappa shape index (κ1) is 17.7. The number of aromatic nitrogens is 1. The predicted molar refractivity (Wildman–Crippen MR) is 110 cm³/mol. The molecule has 1 heterocycles. The van der Waals surface area contributed by atoms with Gasteiger partial charge in [0.2, 0.25) is 0 Å². The van der Waals surface area contributed by atoms with Gasteiger partial charge in [0.05, 0.1) is 6.21 Å². The van der Waals surface area contributed by atoms with E-state index in [-0.39, 0.29) is 0 Å². The number of hydrazone groups is 1. The van der Waals surface area contributed by atoms with Crippen LogP contribution >= 0.6 is 0 Å². The second kappa shape index (κ2) is 7.50. The third kappa shape index (κ3) is 3.19.